The molecule has 0 aliphatic carbocycles. The van der Waals surface area contributed by atoms with Crippen LogP contribution in [0.25, 0.3) is 0 Å². The first kappa shape index (κ1) is 15.5. The molecule has 3 heteroatoms. The van der Waals surface area contributed by atoms with Gasteiger partial charge in [-0.15, -0.1) is 0 Å². The SMILES string of the molecule is CCc1ccc(C(=N)c2cc(Cc3ccsc3)ccc2N)cc1. The van der Waals surface area contributed by atoms with Crippen LogP contribution in [0.15, 0.2) is 59.3 Å². The molecule has 1 aromatic heterocycles. The standard InChI is InChI=1S/C20H20N2S/c1-2-14-3-6-17(7-4-14)20(22)18-12-15(5-8-19(18)21)11-16-9-10-23-13-16/h3-10,12-13,22H,2,11,21H2,1H3. The fourth-order valence-corrected chi connectivity index (χ4v) is 3.29. The maximum absolute atomic E-state index is 8.51. The Hall–Kier alpha value is -2.39. The number of nitrogen functional groups attached to an aromatic ring is 1. The molecule has 23 heavy (non-hydrogen) atoms. The fourth-order valence-electron chi connectivity index (χ4n) is 2.62. The van der Waals surface area contributed by atoms with Gasteiger partial charge in [-0.1, -0.05) is 37.3 Å². The molecule has 3 rings (SSSR count). The number of thiophene rings is 1. The van der Waals surface area contributed by atoms with Gasteiger partial charge >= 0.3 is 0 Å². The third kappa shape index (κ3) is 3.51. The van der Waals surface area contributed by atoms with Crippen LogP contribution < -0.4 is 5.73 Å². The van der Waals surface area contributed by atoms with Gasteiger partial charge in [-0.05, 0) is 58.5 Å². The summed E-state index contributed by atoms with van der Waals surface area (Å²) in [5, 5.41) is 12.8. The van der Waals surface area contributed by atoms with Crippen molar-refractivity contribution < 1.29 is 0 Å². The Kier molecular flexibility index (Phi) is 4.58. The van der Waals surface area contributed by atoms with Crippen molar-refractivity contribution in [2.45, 2.75) is 19.8 Å². The van der Waals surface area contributed by atoms with E-state index in [0.717, 1.165) is 24.0 Å². The van der Waals surface area contributed by atoms with E-state index in [9.17, 15) is 0 Å². The Labute approximate surface area is 141 Å². The van der Waals surface area contributed by atoms with Gasteiger partial charge in [0.15, 0.2) is 0 Å². The summed E-state index contributed by atoms with van der Waals surface area (Å²) in [6.07, 6.45) is 1.88. The summed E-state index contributed by atoms with van der Waals surface area (Å²) in [5.41, 5.74) is 12.7. The van der Waals surface area contributed by atoms with Crippen molar-refractivity contribution in [2.24, 2.45) is 0 Å². The normalized spacial score (nSPS) is 10.7. The molecule has 0 bridgehead atoms. The molecule has 0 spiro atoms. The summed E-state index contributed by atoms with van der Waals surface area (Å²) in [6.45, 7) is 2.13. The highest BCUT2D eigenvalue weighted by Crippen LogP contribution is 2.21. The summed E-state index contributed by atoms with van der Waals surface area (Å²) >= 11 is 1.71. The molecule has 2 nitrogen and oxygen atoms in total. The van der Waals surface area contributed by atoms with E-state index in [1.54, 1.807) is 11.3 Å². The fraction of sp³-hybridized carbons (Fsp3) is 0.150. The van der Waals surface area contributed by atoms with Gasteiger partial charge in [-0.2, -0.15) is 11.3 Å². The molecule has 3 N–H and O–H groups in total. The molecule has 0 aliphatic heterocycles. The van der Waals surface area contributed by atoms with Crippen molar-refractivity contribution in [1.82, 2.24) is 0 Å². The Bertz CT molecular complexity index is 802. The molecule has 1 heterocycles. The van der Waals surface area contributed by atoms with Crippen LogP contribution in [0.1, 0.15) is 34.7 Å². The van der Waals surface area contributed by atoms with Crippen molar-refractivity contribution in [3.05, 3.63) is 87.1 Å². The first-order valence-electron chi connectivity index (χ1n) is 7.75. The molecule has 2 aromatic carbocycles. The minimum absolute atomic E-state index is 0.484. The highest BCUT2D eigenvalue weighted by molar-refractivity contribution is 7.07. The zero-order valence-corrected chi connectivity index (χ0v) is 14.0. The van der Waals surface area contributed by atoms with E-state index >= 15 is 0 Å². The average Bonchev–Trinajstić information content (AvgIpc) is 3.09. The summed E-state index contributed by atoms with van der Waals surface area (Å²) in [5.74, 6) is 0. The first-order chi connectivity index (χ1) is 11.2. The van der Waals surface area contributed by atoms with Crippen LogP contribution in [0.2, 0.25) is 0 Å². The number of anilines is 1. The van der Waals surface area contributed by atoms with Gasteiger partial charge in [0.25, 0.3) is 0 Å². The molecule has 0 aliphatic rings. The van der Waals surface area contributed by atoms with Crippen LogP contribution in [-0.4, -0.2) is 5.71 Å². The lowest BCUT2D eigenvalue weighted by atomic mass is 9.96. The number of rotatable bonds is 5. The smallest absolute Gasteiger partial charge is 0.0705 e. The van der Waals surface area contributed by atoms with Gasteiger partial charge < -0.3 is 5.73 Å². The van der Waals surface area contributed by atoms with E-state index < -0.39 is 0 Å². The molecule has 0 saturated heterocycles. The van der Waals surface area contributed by atoms with Crippen molar-refractivity contribution in [3.8, 4) is 0 Å². The van der Waals surface area contributed by atoms with Crippen molar-refractivity contribution in [3.63, 3.8) is 0 Å². The average molecular weight is 320 g/mol. The second kappa shape index (κ2) is 6.80. The number of hydrogen-bond acceptors (Lipinski definition) is 3. The van der Waals surface area contributed by atoms with Gasteiger partial charge in [-0.3, -0.25) is 5.41 Å². The minimum Gasteiger partial charge on any atom is -0.398 e. The molecule has 0 atom stereocenters. The second-order valence-electron chi connectivity index (χ2n) is 5.66. The number of aryl methyl sites for hydroxylation is 1. The summed E-state index contributed by atoms with van der Waals surface area (Å²) < 4.78 is 0. The minimum atomic E-state index is 0.484. The highest BCUT2D eigenvalue weighted by atomic mass is 32.1. The molecule has 3 aromatic rings. The molecule has 0 saturated carbocycles. The zero-order valence-electron chi connectivity index (χ0n) is 13.2. The van der Waals surface area contributed by atoms with E-state index in [1.807, 2.05) is 30.3 Å². The third-order valence-electron chi connectivity index (χ3n) is 4.03. The predicted molar refractivity (Wildman–Crippen MR) is 99.7 cm³/mol. The maximum atomic E-state index is 8.51. The van der Waals surface area contributed by atoms with Gasteiger partial charge in [0.2, 0.25) is 0 Å². The number of benzene rings is 2. The predicted octanol–water partition coefficient (Wildman–Crippen LogP) is 4.90. The number of nitrogens with two attached hydrogens (primary N) is 1. The maximum Gasteiger partial charge on any atom is 0.0705 e. The first-order valence-corrected chi connectivity index (χ1v) is 8.69. The van der Waals surface area contributed by atoms with E-state index in [4.69, 9.17) is 11.1 Å². The van der Waals surface area contributed by atoms with Crippen LogP contribution in [0.4, 0.5) is 5.69 Å². The Balaban J connectivity index is 1.89. The van der Waals surface area contributed by atoms with Gasteiger partial charge in [-0.25, -0.2) is 0 Å². The quantitative estimate of drug-likeness (QED) is 0.510. The van der Waals surface area contributed by atoms with Crippen LogP contribution in [0.3, 0.4) is 0 Å². The van der Waals surface area contributed by atoms with Crippen molar-refractivity contribution in [1.29, 1.82) is 5.41 Å². The Morgan fingerprint density at radius 3 is 2.39 bits per heavy atom. The lowest BCUT2D eigenvalue weighted by Gasteiger charge is -2.11. The molecule has 0 unspecified atom stereocenters. The number of hydrogen-bond donors (Lipinski definition) is 2. The van der Waals surface area contributed by atoms with E-state index in [2.05, 4.69) is 35.9 Å². The van der Waals surface area contributed by atoms with Crippen LogP contribution in [0.5, 0.6) is 0 Å². The van der Waals surface area contributed by atoms with Crippen LogP contribution in [-0.2, 0) is 12.8 Å². The van der Waals surface area contributed by atoms with E-state index in [1.165, 1.54) is 16.7 Å². The largest absolute Gasteiger partial charge is 0.398 e. The van der Waals surface area contributed by atoms with Crippen molar-refractivity contribution >= 4 is 22.7 Å². The van der Waals surface area contributed by atoms with Crippen LogP contribution >= 0.6 is 11.3 Å². The van der Waals surface area contributed by atoms with Crippen molar-refractivity contribution in [2.75, 3.05) is 5.73 Å². The summed E-state index contributed by atoms with van der Waals surface area (Å²) in [4.78, 5) is 0. The lowest BCUT2D eigenvalue weighted by molar-refractivity contribution is 1.14. The second-order valence-corrected chi connectivity index (χ2v) is 6.44. The molecule has 0 fully saturated rings. The molecular formula is C20H20N2S. The third-order valence-corrected chi connectivity index (χ3v) is 4.76. The van der Waals surface area contributed by atoms with Crippen LogP contribution in [0, 0.1) is 5.41 Å². The molecular weight excluding hydrogens is 300 g/mol. The zero-order chi connectivity index (χ0) is 16.2. The lowest BCUT2D eigenvalue weighted by Crippen LogP contribution is -2.06. The number of nitrogens with one attached hydrogen (secondary N) is 1. The molecule has 0 radical (unpaired) electrons. The van der Waals surface area contributed by atoms with Gasteiger partial charge in [0, 0.05) is 16.8 Å². The van der Waals surface area contributed by atoms with E-state index in [0.29, 0.717) is 11.4 Å². The highest BCUT2D eigenvalue weighted by Gasteiger charge is 2.10. The van der Waals surface area contributed by atoms with Gasteiger partial charge in [0.1, 0.15) is 0 Å². The summed E-state index contributed by atoms with van der Waals surface area (Å²) in [7, 11) is 0. The van der Waals surface area contributed by atoms with E-state index in [-0.39, 0.29) is 0 Å². The topological polar surface area (TPSA) is 49.9 Å². The van der Waals surface area contributed by atoms with Gasteiger partial charge in [0.05, 0.1) is 5.71 Å². The summed E-state index contributed by atoms with van der Waals surface area (Å²) in [6, 6.07) is 16.3. The molecule has 0 amide bonds. The monoisotopic (exact) mass is 320 g/mol. The Morgan fingerprint density at radius 2 is 1.74 bits per heavy atom. The Morgan fingerprint density at radius 1 is 1.00 bits per heavy atom. The molecule has 116 valence electrons.